The zero-order chi connectivity index (χ0) is 17.1. The second-order valence-electron chi connectivity index (χ2n) is 5.97. The predicted octanol–water partition coefficient (Wildman–Crippen LogP) is 1.99. The zero-order valence-electron chi connectivity index (χ0n) is 14.0. The number of nitrogens with one attached hydrogen (secondary N) is 1. The quantitative estimate of drug-likeness (QED) is 0.934. The molecule has 2 aromatic rings. The SMILES string of the molecule is CCOC(=O)N1CCC(NC(=O)c2cccn3cc(C)nc23)CC1. The van der Waals surface area contributed by atoms with Gasteiger partial charge in [0, 0.05) is 31.5 Å². The molecule has 24 heavy (non-hydrogen) atoms. The summed E-state index contributed by atoms with van der Waals surface area (Å²) in [5.74, 6) is -0.124. The van der Waals surface area contributed by atoms with Crippen molar-refractivity contribution in [3.05, 3.63) is 35.8 Å². The average molecular weight is 330 g/mol. The van der Waals surface area contributed by atoms with Crippen LogP contribution in [0.3, 0.4) is 0 Å². The fraction of sp³-hybridized carbons (Fsp3) is 0.471. The Bertz CT molecular complexity index is 747. The first-order valence-corrected chi connectivity index (χ1v) is 8.25. The molecule has 0 saturated carbocycles. The number of fused-ring (bicyclic) bond motifs is 1. The van der Waals surface area contributed by atoms with Crippen LogP contribution in [-0.4, -0.2) is 52.0 Å². The number of aromatic nitrogens is 2. The molecule has 0 radical (unpaired) electrons. The minimum absolute atomic E-state index is 0.0551. The number of rotatable bonds is 3. The lowest BCUT2D eigenvalue weighted by molar-refractivity contribution is 0.0861. The summed E-state index contributed by atoms with van der Waals surface area (Å²) >= 11 is 0. The Morgan fingerprint density at radius 1 is 1.38 bits per heavy atom. The number of pyridine rings is 1. The van der Waals surface area contributed by atoms with Crippen molar-refractivity contribution in [3.8, 4) is 0 Å². The molecule has 1 N–H and O–H groups in total. The minimum Gasteiger partial charge on any atom is -0.450 e. The summed E-state index contributed by atoms with van der Waals surface area (Å²) in [6.45, 7) is 5.26. The van der Waals surface area contributed by atoms with Gasteiger partial charge in [-0.05, 0) is 38.8 Å². The summed E-state index contributed by atoms with van der Waals surface area (Å²) in [6, 6.07) is 3.68. The highest BCUT2D eigenvalue weighted by Crippen LogP contribution is 2.15. The van der Waals surface area contributed by atoms with E-state index in [2.05, 4.69) is 10.3 Å². The van der Waals surface area contributed by atoms with E-state index in [0.717, 1.165) is 18.5 Å². The molecule has 1 saturated heterocycles. The van der Waals surface area contributed by atoms with Gasteiger partial charge in [-0.1, -0.05) is 0 Å². The molecule has 128 valence electrons. The highest BCUT2D eigenvalue weighted by molar-refractivity contribution is 6.00. The Hall–Kier alpha value is -2.57. The van der Waals surface area contributed by atoms with Gasteiger partial charge in [0.05, 0.1) is 17.9 Å². The van der Waals surface area contributed by atoms with E-state index < -0.39 is 0 Å². The smallest absolute Gasteiger partial charge is 0.409 e. The highest BCUT2D eigenvalue weighted by Gasteiger charge is 2.25. The number of likely N-dealkylation sites (tertiary alicyclic amines) is 1. The normalized spacial score (nSPS) is 15.5. The molecule has 2 aromatic heterocycles. The van der Waals surface area contributed by atoms with Gasteiger partial charge >= 0.3 is 6.09 Å². The van der Waals surface area contributed by atoms with E-state index in [1.807, 2.05) is 29.8 Å². The fourth-order valence-electron chi connectivity index (χ4n) is 3.00. The van der Waals surface area contributed by atoms with E-state index in [4.69, 9.17) is 4.74 Å². The van der Waals surface area contributed by atoms with Crippen LogP contribution in [0.2, 0.25) is 0 Å². The summed E-state index contributed by atoms with van der Waals surface area (Å²) < 4.78 is 6.86. The molecule has 1 aliphatic heterocycles. The lowest BCUT2D eigenvalue weighted by atomic mass is 10.0. The molecule has 0 atom stereocenters. The molecular weight excluding hydrogens is 308 g/mol. The minimum atomic E-state index is -0.278. The van der Waals surface area contributed by atoms with Gasteiger partial charge in [0.1, 0.15) is 5.65 Å². The third kappa shape index (κ3) is 3.34. The van der Waals surface area contributed by atoms with Gasteiger partial charge < -0.3 is 19.4 Å². The molecule has 3 rings (SSSR count). The van der Waals surface area contributed by atoms with E-state index in [1.54, 1.807) is 17.9 Å². The Morgan fingerprint density at radius 3 is 2.83 bits per heavy atom. The maximum atomic E-state index is 12.6. The van der Waals surface area contributed by atoms with Crippen LogP contribution in [0.5, 0.6) is 0 Å². The number of ether oxygens (including phenoxy) is 1. The van der Waals surface area contributed by atoms with E-state index in [-0.39, 0.29) is 18.0 Å². The summed E-state index contributed by atoms with van der Waals surface area (Å²) in [5, 5.41) is 3.06. The van der Waals surface area contributed by atoms with Gasteiger partial charge in [0.25, 0.3) is 5.91 Å². The Kier molecular flexibility index (Phi) is 4.69. The third-order valence-electron chi connectivity index (χ3n) is 4.20. The van der Waals surface area contributed by atoms with Crippen LogP contribution >= 0.6 is 0 Å². The number of hydrogen-bond acceptors (Lipinski definition) is 4. The molecule has 1 fully saturated rings. The molecular formula is C17H22N4O3. The van der Waals surface area contributed by atoms with Gasteiger partial charge in [-0.25, -0.2) is 9.78 Å². The molecule has 0 aliphatic carbocycles. The molecule has 3 heterocycles. The maximum absolute atomic E-state index is 12.6. The maximum Gasteiger partial charge on any atom is 0.409 e. The van der Waals surface area contributed by atoms with Crippen molar-refractivity contribution in [1.82, 2.24) is 19.6 Å². The second-order valence-corrected chi connectivity index (χ2v) is 5.97. The Morgan fingerprint density at radius 2 is 2.12 bits per heavy atom. The first-order chi connectivity index (χ1) is 11.6. The molecule has 0 spiro atoms. The highest BCUT2D eigenvalue weighted by atomic mass is 16.6. The molecule has 0 aromatic carbocycles. The first kappa shape index (κ1) is 16.3. The number of carbonyl (C=O) groups is 2. The lowest BCUT2D eigenvalue weighted by Gasteiger charge is -2.31. The van der Waals surface area contributed by atoms with Crippen LogP contribution in [0.25, 0.3) is 5.65 Å². The van der Waals surface area contributed by atoms with Crippen molar-refractivity contribution >= 4 is 17.6 Å². The van der Waals surface area contributed by atoms with Crippen LogP contribution in [0.1, 0.15) is 35.8 Å². The molecule has 0 unspecified atom stereocenters. The molecule has 7 heteroatoms. The van der Waals surface area contributed by atoms with Crippen molar-refractivity contribution in [1.29, 1.82) is 0 Å². The van der Waals surface area contributed by atoms with Crippen molar-refractivity contribution in [2.75, 3.05) is 19.7 Å². The number of imidazole rings is 1. The van der Waals surface area contributed by atoms with Gasteiger partial charge in [0.2, 0.25) is 0 Å². The van der Waals surface area contributed by atoms with Crippen LogP contribution in [0, 0.1) is 6.92 Å². The van der Waals surface area contributed by atoms with Crippen LogP contribution in [0.4, 0.5) is 4.79 Å². The van der Waals surface area contributed by atoms with E-state index >= 15 is 0 Å². The number of nitrogens with zero attached hydrogens (tertiary/aromatic N) is 3. The van der Waals surface area contributed by atoms with Gasteiger partial charge in [-0.3, -0.25) is 4.79 Å². The standard InChI is InChI=1S/C17H22N4O3/c1-3-24-17(23)20-9-6-13(7-10-20)19-16(22)14-5-4-8-21-11-12(2)18-15(14)21/h4-5,8,11,13H,3,6-7,9-10H2,1-2H3,(H,19,22). The van der Waals surface area contributed by atoms with Crippen molar-refractivity contribution < 1.29 is 14.3 Å². The number of hydrogen-bond donors (Lipinski definition) is 1. The van der Waals surface area contributed by atoms with E-state index in [1.165, 1.54) is 0 Å². The third-order valence-corrected chi connectivity index (χ3v) is 4.20. The Labute approximate surface area is 140 Å². The monoisotopic (exact) mass is 330 g/mol. The molecule has 7 nitrogen and oxygen atoms in total. The van der Waals surface area contributed by atoms with Crippen molar-refractivity contribution in [2.45, 2.75) is 32.7 Å². The van der Waals surface area contributed by atoms with E-state index in [0.29, 0.717) is 30.9 Å². The van der Waals surface area contributed by atoms with Crippen LogP contribution in [-0.2, 0) is 4.74 Å². The molecule has 1 aliphatic rings. The number of aryl methyl sites for hydroxylation is 1. The molecule has 0 bridgehead atoms. The average Bonchev–Trinajstić information content (AvgIpc) is 2.95. The molecule has 2 amide bonds. The van der Waals surface area contributed by atoms with Crippen LogP contribution < -0.4 is 5.32 Å². The summed E-state index contributed by atoms with van der Waals surface area (Å²) in [6.07, 6.45) is 4.94. The zero-order valence-corrected chi connectivity index (χ0v) is 14.0. The van der Waals surface area contributed by atoms with Gasteiger partial charge in [0.15, 0.2) is 0 Å². The fourth-order valence-corrected chi connectivity index (χ4v) is 3.00. The second kappa shape index (κ2) is 6.90. The number of amides is 2. The van der Waals surface area contributed by atoms with Gasteiger partial charge in [-0.2, -0.15) is 0 Å². The van der Waals surface area contributed by atoms with E-state index in [9.17, 15) is 9.59 Å². The first-order valence-electron chi connectivity index (χ1n) is 8.25. The van der Waals surface area contributed by atoms with Gasteiger partial charge in [-0.15, -0.1) is 0 Å². The number of carbonyl (C=O) groups excluding carboxylic acids is 2. The topological polar surface area (TPSA) is 75.9 Å². The summed E-state index contributed by atoms with van der Waals surface area (Å²) in [4.78, 5) is 30.4. The largest absolute Gasteiger partial charge is 0.450 e. The lowest BCUT2D eigenvalue weighted by Crippen LogP contribution is -2.46. The van der Waals surface area contributed by atoms with Crippen molar-refractivity contribution in [3.63, 3.8) is 0 Å². The summed E-state index contributed by atoms with van der Waals surface area (Å²) in [7, 11) is 0. The van der Waals surface area contributed by atoms with Crippen LogP contribution in [0.15, 0.2) is 24.5 Å². The summed E-state index contributed by atoms with van der Waals surface area (Å²) in [5.41, 5.74) is 2.10. The number of piperidine rings is 1. The van der Waals surface area contributed by atoms with Crippen molar-refractivity contribution in [2.24, 2.45) is 0 Å². The Balaban J connectivity index is 1.62. The predicted molar refractivity (Wildman–Crippen MR) is 89.0 cm³/mol.